The number of aliphatic carboxylic acids is 1. The van der Waals surface area contributed by atoms with Crippen LogP contribution in [0.2, 0.25) is 0 Å². The van der Waals surface area contributed by atoms with E-state index in [1.807, 2.05) is 43.3 Å². The first kappa shape index (κ1) is 15.2. The second-order valence-corrected chi connectivity index (χ2v) is 5.27. The average molecular weight is 284 g/mol. The molecule has 0 aliphatic rings. The molecule has 0 saturated carbocycles. The summed E-state index contributed by atoms with van der Waals surface area (Å²) in [4.78, 5) is 16.0. The van der Waals surface area contributed by atoms with Crippen LogP contribution in [0.5, 0.6) is 0 Å². The summed E-state index contributed by atoms with van der Waals surface area (Å²) in [6.07, 6.45) is 4.56. The Labute approximate surface area is 124 Å². The van der Waals surface area contributed by atoms with Gasteiger partial charge in [0.1, 0.15) is 5.41 Å². The highest BCUT2D eigenvalue weighted by molar-refractivity contribution is 5.82. The maximum atomic E-state index is 11.9. The minimum atomic E-state index is -1.05. The Kier molecular flexibility index (Phi) is 4.70. The van der Waals surface area contributed by atoms with Crippen LogP contribution in [0.3, 0.4) is 0 Å². The van der Waals surface area contributed by atoms with Crippen LogP contribution >= 0.6 is 0 Å². The molecule has 110 valence electrons. The summed E-state index contributed by atoms with van der Waals surface area (Å²) in [7, 11) is 0. The molecule has 1 aromatic carbocycles. The molecule has 0 spiro atoms. The monoisotopic (exact) mass is 284 g/mol. The molecule has 3 N–H and O–H groups in total. The highest BCUT2D eigenvalue weighted by atomic mass is 16.4. The molecule has 0 saturated heterocycles. The van der Waals surface area contributed by atoms with E-state index in [-0.39, 0.29) is 6.54 Å². The molecule has 4 heteroatoms. The second kappa shape index (κ2) is 6.50. The van der Waals surface area contributed by atoms with Crippen LogP contribution in [0.4, 0.5) is 0 Å². The summed E-state index contributed by atoms with van der Waals surface area (Å²) in [6.45, 7) is 2.00. The van der Waals surface area contributed by atoms with E-state index in [2.05, 4.69) is 4.98 Å². The summed E-state index contributed by atoms with van der Waals surface area (Å²) in [5, 5.41) is 9.78. The van der Waals surface area contributed by atoms with E-state index in [9.17, 15) is 9.90 Å². The van der Waals surface area contributed by atoms with Gasteiger partial charge in [-0.1, -0.05) is 30.3 Å². The Morgan fingerprint density at radius 3 is 2.62 bits per heavy atom. The third-order valence-corrected chi connectivity index (χ3v) is 3.98. The summed E-state index contributed by atoms with van der Waals surface area (Å²) >= 11 is 0. The standard InChI is InChI=1S/C17H20N2O2/c1-13-5-2-3-7-15(13)17(12-18,16(20)21)9-8-14-6-4-10-19-11-14/h2-7,10-11H,8-9,12,18H2,1H3,(H,20,21). The summed E-state index contributed by atoms with van der Waals surface area (Å²) in [5.74, 6) is -0.872. The van der Waals surface area contributed by atoms with Gasteiger partial charge in [0, 0.05) is 18.9 Å². The average Bonchev–Trinajstić information content (AvgIpc) is 2.50. The SMILES string of the molecule is Cc1ccccc1C(CN)(CCc1cccnc1)C(=O)O. The van der Waals surface area contributed by atoms with Crippen molar-refractivity contribution in [1.29, 1.82) is 0 Å². The third-order valence-electron chi connectivity index (χ3n) is 3.98. The molecule has 0 amide bonds. The molecule has 0 fully saturated rings. The first-order chi connectivity index (χ1) is 10.1. The van der Waals surface area contributed by atoms with Gasteiger partial charge in [-0.25, -0.2) is 0 Å². The number of carbonyl (C=O) groups is 1. The lowest BCUT2D eigenvalue weighted by Crippen LogP contribution is -2.44. The van der Waals surface area contributed by atoms with Crippen LogP contribution in [-0.2, 0) is 16.6 Å². The number of nitrogens with two attached hydrogens (primary N) is 1. The van der Waals surface area contributed by atoms with Crippen LogP contribution in [0, 0.1) is 6.92 Å². The molecule has 0 aliphatic heterocycles. The molecular weight excluding hydrogens is 264 g/mol. The normalized spacial score (nSPS) is 13.6. The van der Waals surface area contributed by atoms with Gasteiger partial charge < -0.3 is 10.8 Å². The van der Waals surface area contributed by atoms with Gasteiger partial charge in [0.25, 0.3) is 0 Å². The lowest BCUT2D eigenvalue weighted by Gasteiger charge is -2.30. The zero-order chi connectivity index (χ0) is 15.3. The third kappa shape index (κ3) is 3.11. The lowest BCUT2D eigenvalue weighted by molar-refractivity contribution is -0.143. The first-order valence-corrected chi connectivity index (χ1v) is 6.98. The van der Waals surface area contributed by atoms with Crippen molar-refractivity contribution in [2.45, 2.75) is 25.2 Å². The lowest BCUT2D eigenvalue weighted by atomic mass is 9.74. The molecule has 4 nitrogen and oxygen atoms in total. The van der Waals surface area contributed by atoms with Crippen molar-refractivity contribution in [2.24, 2.45) is 5.73 Å². The molecule has 1 unspecified atom stereocenters. The number of pyridine rings is 1. The zero-order valence-electron chi connectivity index (χ0n) is 12.1. The molecule has 0 aliphatic carbocycles. The van der Waals surface area contributed by atoms with Gasteiger partial charge in [-0.3, -0.25) is 9.78 Å². The number of hydrogen-bond donors (Lipinski definition) is 2. The smallest absolute Gasteiger partial charge is 0.315 e. The number of aryl methyl sites for hydroxylation is 2. The van der Waals surface area contributed by atoms with E-state index in [1.165, 1.54) is 0 Å². The molecule has 21 heavy (non-hydrogen) atoms. The largest absolute Gasteiger partial charge is 0.481 e. The Morgan fingerprint density at radius 2 is 2.05 bits per heavy atom. The van der Waals surface area contributed by atoms with E-state index < -0.39 is 11.4 Å². The van der Waals surface area contributed by atoms with Gasteiger partial charge in [-0.15, -0.1) is 0 Å². The Bertz CT molecular complexity index is 613. The number of carboxylic acids is 1. The minimum Gasteiger partial charge on any atom is -0.481 e. The van der Waals surface area contributed by atoms with Crippen LogP contribution in [0.1, 0.15) is 23.1 Å². The van der Waals surface area contributed by atoms with Crippen LogP contribution in [-0.4, -0.2) is 22.6 Å². The van der Waals surface area contributed by atoms with Gasteiger partial charge in [-0.05, 0) is 42.5 Å². The van der Waals surface area contributed by atoms with Gasteiger partial charge in [-0.2, -0.15) is 0 Å². The zero-order valence-corrected chi connectivity index (χ0v) is 12.1. The van der Waals surface area contributed by atoms with E-state index >= 15 is 0 Å². The van der Waals surface area contributed by atoms with Gasteiger partial charge >= 0.3 is 5.97 Å². The van der Waals surface area contributed by atoms with Gasteiger partial charge in [0.2, 0.25) is 0 Å². The van der Waals surface area contributed by atoms with Crippen molar-refractivity contribution >= 4 is 5.97 Å². The second-order valence-electron chi connectivity index (χ2n) is 5.27. The molecule has 2 rings (SSSR count). The van der Waals surface area contributed by atoms with E-state index in [4.69, 9.17) is 5.73 Å². The van der Waals surface area contributed by atoms with E-state index in [0.29, 0.717) is 12.8 Å². The van der Waals surface area contributed by atoms with Crippen molar-refractivity contribution in [2.75, 3.05) is 6.54 Å². The van der Waals surface area contributed by atoms with E-state index in [1.54, 1.807) is 12.4 Å². The molecule has 0 bridgehead atoms. The molecule has 2 aromatic rings. The summed E-state index contributed by atoms with van der Waals surface area (Å²) in [6, 6.07) is 11.4. The maximum Gasteiger partial charge on any atom is 0.315 e. The van der Waals surface area contributed by atoms with Gasteiger partial charge in [0.05, 0.1) is 0 Å². The fourth-order valence-electron chi connectivity index (χ4n) is 2.67. The molecule has 0 radical (unpaired) electrons. The predicted octanol–water partition coefficient (Wildman–Crippen LogP) is 2.30. The number of hydrogen-bond acceptors (Lipinski definition) is 3. The fraction of sp³-hybridized carbons (Fsp3) is 0.294. The fourth-order valence-corrected chi connectivity index (χ4v) is 2.67. The molecule has 1 atom stereocenters. The highest BCUT2D eigenvalue weighted by Crippen LogP contribution is 2.31. The van der Waals surface area contributed by atoms with Crippen LogP contribution < -0.4 is 5.73 Å². The number of carboxylic acid groups (broad SMARTS) is 1. The van der Waals surface area contributed by atoms with Gasteiger partial charge in [0.15, 0.2) is 0 Å². The summed E-state index contributed by atoms with van der Waals surface area (Å²) in [5.41, 5.74) is 7.59. The number of nitrogens with zero attached hydrogens (tertiary/aromatic N) is 1. The number of rotatable bonds is 6. The molecule has 1 aromatic heterocycles. The van der Waals surface area contributed by atoms with Crippen molar-refractivity contribution in [3.05, 3.63) is 65.5 Å². The van der Waals surface area contributed by atoms with Crippen LogP contribution in [0.15, 0.2) is 48.8 Å². The topological polar surface area (TPSA) is 76.2 Å². The van der Waals surface area contributed by atoms with Crippen molar-refractivity contribution in [3.63, 3.8) is 0 Å². The predicted molar refractivity (Wildman–Crippen MR) is 82.1 cm³/mol. The quantitative estimate of drug-likeness (QED) is 0.853. The first-order valence-electron chi connectivity index (χ1n) is 6.98. The molecule has 1 heterocycles. The number of aromatic nitrogens is 1. The van der Waals surface area contributed by atoms with Crippen LogP contribution in [0.25, 0.3) is 0 Å². The minimum absolute atomic E-state index is 0.0768. The van der Waals surface area contributed by atoms with Crippen molar-refractivity contribution < 1.29 is 9.90 Å². The Hall–Kier alpha value is -2.20. The Morgan fingerprint density at radius 1 is 1.29 bits per heavy atom. The maximum absolute atomic E-state index is 11.9. The van der Waals surface area contributed by atoms with Crippen molar-refractivity contribution in [3.8, 4) is 0 Å². The highest BCUT2D eigenvalue weighted by Gasteiger charge is 2.39. The van der Waals surface area contributed by atoms with E-state index in [0.717, 1.165) is 16.7 Å². The van der Waals surface area contributed by atoms with Crippen molar-refractivity contribution in [1.82, 2.24) is 4.98 Å². The number of benzene rings is 1. The Balaban J connectivity index is 2.34. The molecular formula is C17H20N2O2. The summed E-state index contributed by atoms with van der Waals surface area (Å²) < 4.78 is 0.